The number of hydrogen-bond donors (Lipinski definition) is 2. The van der Waals surface area contributed by atoms with Crippen molar-refractivity contribution in [2.24, 2.45) is 5.10 Å². The topological polar surface area (TPSA) is 92.9 Å². The van der Waals surface area contributed by atoms with E-state index in [0.29, 0.717) is 17.8 Å². The third-order valence-electron chi connectivity index (χ3n) is 4.50. The number of hydrogen-bond acceptors (Lipinski definition) is 7. The average Bonchev–Trinajstić information content (AvgIpc) is 3.15. The summed E-state index contributed by atoms with van der Waals surface area (Å²) in [6, 6.07) is 21.7. The van der Waals surface area contributed by atoms with Gasteiger partial charge in [-0.15, -0.1) is 0 Å². The summed E-state index contributed by atoms with van der Waals surface area (Å²) in [5.41, 5.74) is 7.50. The lowest BCUT2D eigenvalue weighted by atomic mass is 10.2. The molecule has 0 atom stereocenters. The van der Waals surface area contributed by atoms with Crippen LogP contribution in [0.5, 0.6) is 0 Å². The molecule has 0 saturated carbocycles. The first-order valence-electron chi connectivity index (χ1n) is 10.2. The molecular weight excluding hydrogens is 400 g/mol. The minimum absolute atomic E-state index is 0.313. The highest BCUT2D eigenvalue weighted by Gasteiger charge is 2.12. The van der Waals surface area contributed by atoms with Crippen LogP contribution in [0.4, 0.5) is 17.6 Å². The molecule has 2 N–H and O–H groups in total. The number of aromatic nitrogens is 5. The highest BCUT2D eigenvalue weighted by molar-refractivity contribution is 5.96. The smallest absolute Gasteiger partial charge is 0.257 e. The molecule has 160 valence electrons. The Kier molecular flexibility index (Phi) is 6.31. The quantitative estimate of drug-likeness (QED) is 0.323. The predicted molar refractivity (Wildman–Crippen MR) is 128 cm³/mol. The Morgan fingerprint density at radius 3 is 2.28 bits per heavy atom. The molecule has 0 amide bonds. The molecule has 0 spiro atoms. The van der Waals surface area contributed by atoms with Gasteiger partial charge in [-0.25, -0.2) is 10.1 Å². The molecule has 32 heavy (non-hydrogen) atoms. The Morgan fingerprint density at radius 1 is 0.906 bits per heavy atom. The van der Waals surface area contributed by atoms with E-state index in [1.165, 1.54) is 0 Å². The van der Waals surface area contributed by atoms with Crippen molar-refractivity contribution in [3.05, 3.63) is 89.8 Å². The highest BCUT2D eigenvalue weighted by Crippen LogP contribution is 2.16. The Hall–Kier alpha value is -4.33. The molecule has 4 rings (SSSR count). The number of para-hydroxylation sites is 1. The third kappa shape index (κ3) is 5.42. The summed E-state index contributed by atoms with van der Waals surface area (Å²) in [7, 11) is 0. The second kappa shape index (κ2) is 9.65. The van der Waals surface area contributed by atoms with Crippen molar-refractivity contribution < 1.29 is 0 Å². The first kappa shape index (κ1) is 20.9. The maximum atomic E-state index is 4.54. The van der Waals surface area contributed by atoms with Gasteiger partial charge in [-0.3, -0.25) is 0 Å². The van der Waals surface area contributed by atoms with E-state index in [4.69, 9.17) is 0 Å². The van der Waals surface area contributed by atoms with Gasteiger partial charge in [0.25, 0.3) is 5.95 Å². The Balaban J connectivity index is 1.61. The summed E-state index contributed by atoms with van der Waals surface area (Å²) in [6.07, 6.45) is 3.92. The van der Waals surface area contributed by atoms with E-state index in [1.54, 1.807) is 4.68 Å². The van der Waals surface area contributed by atoms with E-state index in [1.807, 2.05) is 99.7 Å². The molecule has 2 aromatic carbocycles. The number of hydrazone groups is 1. The van der Waals surface area contributed by atoms with E-state index < -0.39 is 0 Å². The molecule has 0 aliphatic carbocycles. The van der Waals surface area contributed by atoms with Crippen LogP contribution >= 0.6 is 0 Å². The van der Waals surface area contributed by atoms with Crippen LogP contribution in [0.2, 0.25) is 0 Å². The van der Waals surface area contributed by atoms with E-state index in [9.17, 15) is 0 Å². The molecule has 0 fully saturated rings. The van der Waals surface area contributed by atoms with Crippen molar-refractivity contribution in [1.82, 2.24) is 24.7 Å². The summed E-state index contributed by atoms with van der Waals surface area (Å²) < 4.78 is 1.68. The Bertz CT molecular complexity index is 1240. The maximum absolute atomic E-state index is 4.54. The average molecular weight is 425 g/mol. The van der Waals surface area contributed by atoms with Crippen LogP contribution in [-0.2, 0) is 0 Å². The van der Waals surface area contributed by atoms with Crippen molar-refractivity contribution in [3.63, 3.8) is 0 Å². The van der Waals surface area contributed by atoms with Gasteiger partial charge in [-0.2, -0.15) is 25.2 Å². The summed E-state index contributed by atoms with van der Waals surface area (Å²) in [5.74, 6) is 1.11. The van der Waals surface area contributed by atoms with E-state index in [-0.39, 0.29) is 0 Å². The second-order valence-electron chi connectivity index (χ2n) is 7.22. The van der Waals surface area contributed by atoms with Gasteiger partial charge < -0.3 is 5.32 Å². The SMILES string of the molecule is CC(/C=C/c1ccccc1)=NNc1nc(Nc2ccccc2)nc(-n2nc(C)cc2C)n1. The number of nitrogens with zero attached hydrogens (tertiary/aromatic N) is 6. The number of rotatable bonds is 7. The zero-order valence-corrected chi connectivity index (χ0v) is 18.2. The minimum Gasteiger partial charge on any atom is -0.324 e. The Labute approximate surface area is 186 Å². The molecule has 8 heteroatoms. The molecule has 4 aromatic rings. The molecule has 0 unspecified atom stereocenters. The molecule has 0 saturated heterocycles. The van der Waals surface area contributed by atoms with Gasteiger partial charge in [0.2, 0.25) is 11.9 Å². The molecule has 0 aliphatic rings. The lowest BCUT2D eigenvalue weighted by Gasteiger charge is -2.09. The zero-order chi connectivity index (χ0) is 22.3. The fraction of sp³-hybridized carbons (Fsp3) is 0.125. The standard InChI is InChI=1S/C24H24N8/c1-17(14-15-20-10-6-4-7-11-20)29-30-23-26-22(25-21-12-8-5-9-13-21)27-24(28-23)32-19(3)16-18(2)31-32/h4-16H,1-3H3,(H2,25,26,27,28,30)/b15-14+,29-17?. The van der Waals surface area contributed by atoms with Crippen molar-refractivity contribution in [2.75, 3.05) is 10.7 Å². The predicted octanol–water partition coefficient (Wildman–Crippen LogP) is 4.92. The van der Waals surface area contributed by atoms with Crippen LogP contribution < -0.4 is 10.7 Å². The zero-order valence-electron chi connectivity index (χ0n) is 18.2. The minimum atomic E-state index is 0.313. The van der Waals surface area contributed by atoms with Crippen molar-refractivity contribution in [3.8, 4) is 5.95 Å². The van der Waals surface area contributed by atoms with Gasteiger partial charge in [-0.05, 0) is 50.6 Å². The molecule has 2 aromatic heterocycles. The normalized spacial score (nSPS) is 11.7. The first-order valence-corrected chi connectivity index (χ1v) is 10.2. The summed E-state index contributed by atoms with van der Waals surface area (Å²) in [6.45, 7) is 5.79. The van der Waals surface area contributed by atoms with E-state index >= 15 is 0 Å². The van der Waals surface area contributed by atoms with Crippen molar-refractivity contribution >= 4 is 29.4 Å². The molecule has 0 radical (unpaired) electrons. The lowest BCUT2D eigenvalue weighted by Crippen LogP contribution is -2.11. The van der Waals surface area contributed by atoms with Gasteiger partial charge in [-0.1, -0.05) is 54.6 Å². The molecule has 0 aliphatic heterocycles. The summed E-state index contributed by atoms with van der Waals surface area (Å²) in [4.78, 5) is 13.5. The summed E-state index contributed by atoms with van der Waals surface area (Å²) in [5, 5.41) is 12.1. The molecular formula is C24H24N8. The summed E-state index contributed by atoms with van der Waals surface area (Å²) >= 11 is 0. The molecule has 2 heterocycles. The van der Waals surface area contributed by atoms with Crippen LogP contribution in [-0.4, -0.2) is 30.4 Å². The fourth-order valence-electron chi connectivity index (χ4n) is 3.00. The van der Waals surface area contributed by atoms with Gasteiger partial charge in [0.15, 0.2) is 0 Å². The molecule has 0 bridgehead atoms. The number of benzene rings is 2. The number of aryl methyl sites for hydroxylation is 2. The van der Waals surface area contributed by atoms with Crippen LogP contribution in [0.1, 0.15) is 23.9 Å². The van der Waals surface area contributed by atoms with Gasteiger partial charge in [0.05, 0.1) is 11.4 Å². The fourth-order valence-corrected chi connectivity index (χ4v) is 3.00. The monoisotopic (exact) mass is 424 g/mol. The lowest BCUT2D eigenvalue weighted by molar-refractivity contribution is 0.767. The highest BCUT2D eigenvalue weighted by atomic mass is 15.4. The van der Waals surface area contributed by atoms with Gasteiger partial charge >= 0.3 is 0 Å². The van der Waals surface area contributed by atoms with E-state index in [2.05, 4.69) is 35.9 Å². The van der Waals surface area contributed by atoms with Gasteiger partial charge in [0.1, 0.15) is 0 Å². The van der Waals surface area contributed by atoms with E-state index in [0.717, 1.165) is 28.4 Å². The van der Waals surface area contributed by atoms with Crippen LogP contribution in [0, 0.1) is 13.8 Å². The van der Waals surface area contributed by atoms with Crippen LogP contribution in [0.3, 0.4) is 0 Å². The van der Waals surface area contributed by atoms with Crippen molar-refractivity contribution in [2.45, 2.75) is 20.8 Å². The van der Waals surface area contributed by atoms with Gasteiger partial charge in [0, 0.05) is 11.4 Å². The Morgan fingerprint density at radius 2 is 1.59 bits per heavy atom. The third-order valence-corrected chi connectivity index (χ3v) is 4.50. The van der Waals surface area contributed by atoms with Crippen LogP contribution in [0.15, 0.2) is 77.9 Å². The van der Waals surface area contributed by atoms with Crippen molar-refractivity contribution in [1.29, 1.82) is 0 Å². The number of allylic oxidation sites excluding steroid dienone is 1. The largest absolute Gasteiger partial charge is 0.324 e. The molecule has 8 nitrogen and oxygen atoms in total. The number of nitrogens with one attached hydrogen (secondary N) is 2. The second-order valence-corrected chi connectivity index (χ2v) is 7.22. The number of anilines is 3. The van der Waals surface area contributed by atoms with Crippen LogP contribution in [0.25, 0.3) is 12.0 Å². The first-order chi connectivity index (χ1) is 15.6. The maximum Gasteiger partial charge on any atom is 0.257 e.